The molecule has 11 nitrogen and oxygen atoms in total. The predicted molar refractivity (Wildman–Crippen MR) is 182 cm³/mol. The highest BCUT2D eigenvalue weighted by Gasteiger charge is 2.25. The number of piperazine rings is 1. The summed E-state index contributed by atoms with van der Waals surface area (Å²) in [6.07, 6.45) is 5.12. The van der Waals surface area contributed by atoms with E-state index in [2.05, 4.69) is 20.9 Å². The number of nitrogens with two attached hydrogens (primary N) is 1. The van der Waals surface area contributed by atoms with Crippen molar-refractivity contribution < 1.29 is 14.3 Å². The number of amides is 1. The summed E-state index contributed by atoms with van der Waals surface area (Å²) < 4.78 is 6.64. The fourth-order valence-electron chi connectivity index (χ4n) is 5.81. The van der Waals surface area contributed by atoms with Crippen LogP contribution in [0.25, 0.3) is 27.7 Å². The largest absolute Gasteiger partial charge is 0.398 e. The van der Waals surface area contributed by atoms with Crippen molar-refractivity contribution in [2.24, 2.45) is 0 Å². The molecule has 46 heavy (non-hydrogen) atoms. The maximum absolute atomic E-state index is 12.9. The lowest BCUT2D eigenvalue weighted by molar-refractivity contribution is -0.134. The number of carbonyl (C=O) groups is 2. The van der Waals surface area contributed by atoms with Crippen LogP contribution in [0.5, 0.6) is 0 Å². The minimum absolute atomic E-state index is 0.0179. The number of nitrogens with one attached hydrogen (secondary N) is 1. The number of nitrogens with zero attached hydrogens (tertiary/aromatic N) is 6. The van der Waals surface area contributed by atoms with Crippen molar-refractivity contribution in [3.05, 3.63) is 70.4 Å². The molecule has 0 radical (unpaired) electrons. The molecule has 1 aromatic carbocycles. The van der Waals surface area contributed by atoms with E-state index < -0.39 is 0 Å². The van der Waals surface area contributed by atoms with Gasteiger partial charge in [-0.3, -0.25) is 19.5 Å². The molecule has 0 spiro atoms. The zero-order chi connectivity index (χ0) is 32.0. The Hall–Kier alpha value is -4.52. The highest BCUT2D eigenvalue weighted by molar-refractivity contribution is 7.19. The smallest absolute Gasteiger partial charge is 0.223 e. The number of hydrogen-bond donors (Lipinski definition) is 2. The number of rotatable bonds is 10. The Labute approximate surface area is 272 Å². The van der Waals surface area contributed by atoms with Crippen LogP contribution in [0.1, 0.15) is 35.9 Å². The number of anilines is 2. The SMILES string of the molecule is C/C(=C\c1ccccn1)C(=O)CCC(=O)N1CCN(Cc2cc3nc(-c4cccc(N)c4C=N)nc(N4CCOCC4)c3s2)CC1. The number of Topliss-reactive ketones (excluding diaryl/α,β-unsaturated/α-hetero) is 1. The van der Waals surface area contributed by atoms with Gasteiger partial charge in [0.1, 0.15) is 0 Å². The van der Waals surface area contributed by atoms with Gasteiger partial charge in [0.2, 0.25) is 5.91 Å². The van der Waals surface area contributed by atoms with Crippen molar-refractivity contribution in [3.8, 4) is 11.4 Å². The minimum Gasteiger partial charge on any atom is -0.398 e. The molecule has 0 saturated carbocycles. The van der Waals surface area contributed by atoms with Crippen LogP contribution in [0.3, 0.4) is 0 Å². The van der Waals surface area contributed by atoms with E-state index >= 15 is 0 Å². The first-order valence-electron chi connectivity index (χ1n) is 15.5. The molecule has 12 heteroatoms. The van der Waals surface area contributed by atoms with Crippen LogP contribution < -0.4 is 10.6 Å². The second-order valence-corrected chi connectivity index (χ2v) is 12.6. The summed E-state index contributed by atoms with van der Waals surface area (Å²) in [6, 6.07) is 13.3. The number of carbonyl (C=O) groups excluding carboxylic acids is 2. The van der Waals surface area contributed by atoms with Crippen molar-refractivity contribution >= 4 is 57.0 Å². The molecular formula is C34H38N8O3S. The summed E-state index contributed by atoms with van der Waals surface area (Å²) in [6.45, 7) is 8.07. The lowest BCUT2D eigenvalue weighted by atomic mass is 10.1. The third kappa shape index (κ3) is 7.14. The number of aromatic nitrogens is 3. The van der Waals surface area contributed by atoms with Crippen LogP contribution in [0.4, 0.5) is 11.5 Å². The third-order valence-corrected chi connectivity index (χ3v) is 9.51. The van der Waals surface area contributed by atoms with Gasteiger partial charge in [0.15, 0.2) is 17.4 Å². The number of ether oxygens (including phenoxy) is 1. The Bertz CT molecular complexity index is 1760. The van der Waals surface area contributed by atoms with Gasteiger partial charge in [0.25, 0.3) is 0 Å². The van der Waals surface area contributed by atoms with E-state index in [0.717, 1.165) is 60.0 Å². The van der Waals surface area contributed by atoms with E-state index in [-0.39, 0.29) is 24.5 Å². The zero-order valence-electron chi connectivity index (χ0n) is 25.9. The van der Waals surface area contributed by atoms with Crippen molar-refractivity contribution in [3.63, 3.8) is 0 Å². The average molecular weight is 639 g/mol. The number of morpholine rings is 1. The van der Waals surface area contributed by atoms with E-state index in [1.165, 1.54) is 11.1 Å². The molecular weight excluding hydrogens is 600 g/mol. The molecule has 2 saturated heterocycles. The summed E-state index contributed by atoms with van der Waals surface area (Å²) in [5.41, 5.74) is 10.3. The first-order valence-corrected chi connectivity index (χ1v) is 16.4. The van der Waals surface area contributed by atoms with Gasteiger partial charge in [-0.15, -0.1) is 11.3 Å². The van der Waals surface area contributed by atoms with Crippen LogP contribution in [-0.4, -0.2) is 95.1 Å². The molecule has 4 aromatic rings. The van der Waals surface area contributed by atoms with Crippen LogP contribution in [0, 0.1) is 5.41 Å². The molecule has 3 N–H and O–H groups in total. The van der Waals surface area contributed by atoms with Crippen molar-refractivity contribution in [1.29, 1.82) is 5.41 Å². The van der Waals surface area contributed by atoms with Crippen LogP contribution in [0.15, 0.2) is 54.2 Å². The van der Waals surface area contributed by atoms with Crippen LogP contribution >= 0.6 is 11.3 Å². The van der Waals surface area contributed by atoms with Gasteiger partial charge < -0.3 is 25.7 Å². The lowest BCUT2D eigenvalue weighted by Crippen LogP contribution is -2.48. The third-order valence-electron chi connectivity index (χ3n) is 8.40. The first-order chi connectivity index (χ1) is 22.4. The Morgan fingerprint density at radius 1 is 1.02 bits per heavy atom. The van der Waals surface area contributed by atoms with Crippen LogP contribution in [0.2, 0.25) is 0 Å². The van der Waals surface area contributed by atoms with Gasteiger partial charge in [0, 0.05) is 92.8 Å². The molecule has 2 aliphatic rings. The van der Waals surface area contributed by atoms with E-state index in [1.54, 1.807) is 36.6 Å². The predicted octanol–water partition coefficient (Wildman–Crippen LogP) is 4.27. The number of allylic oxidation sites excluding steroid dienone is 1. The Kier molecular flexibility index (Phi) is 9.76. The zero-order valence-corrected chi connectivity index (χ0v) is 26.8. The normalized spacial score (nSPS) is 16.2. The summed E-state index contributed by atoms with van der Waals surface area (Å²) in [7, 11) is 0. The fraction of sp³-hybridized carbons (Fsp3) is 0.353. The molecule has 0 unspecified atom stereocenters. The molecule has 1 amide bonds. The van der Waals surface area contributed by atoms with Crippen molar-refractivity contribution in [2.75, 3.05) is 63.1 Å². The van der Waals surface area contributed by atoms with E-state index in [9.17, 15) is 9.59 Å². The molecule has 0 bridgehead atoms. The van der Waals surface area contributed by atoms with E-state index in [0.29, 0.717) is 49.0 Å². The van der Waals surface area contributed by atoms with Crippen molar-refractivity contribution in [1.82, 2.24) is 24.8 Å². The quantitative estimate of drug-likeness (QED) is 0.148. The topological polar surface area (TPSA) is 142 Å². The van der Waals surface area contributed by atoms with Gasteiger partial charge in [-0.25, -0.2) is 9.97 Å². The Morgan fingerprint density at radius 3 is 2.57 bits per heavy atom. The van der Waals surface area contributed by atoms with Gasteiger partial charge in [0.05, 0.1) is 29.1 Å². The number of thiophene rings is 1. The maximum atomic E-state index is 12.9. The molecule has 0 aliphatic carbocycles. The molecule has 2 fully saturated rings. The summed E-state index contributed by atoms with van der Waals surface area (Å²) in [5, 5.41) is 7.94. The number of benzene rings is 1. The van der Waals surface area contributed by atoms with Gasteiger partial charge >= 0.3 is 0 Å². The van der Waals surface area contributed by atoms with E-state index in [4.69, 9.17) is 25.8 Å². The Balaban J connectivity index is 1.11. The molecule has 0 atom stereocenters. The second-order valence-electron chi connectivity index (χ2n) is 11.5. The second kappa shape index (κ2) is 14.3. The highest BCUT2D eigenvalue weighted by Crippen LogP contribution is 2.36. The average Bonchev–Trinajstić information content (AvgIpc) is 3.50. The molecule has 6 rings (SSSR count). The number of pyridine rings is 1. The molecule has 238 valence electrons. The van der Waals surface area contributed by atoms with Gasteiger partial charge in [-0.05, 0) is 42.8 Å². The number of fused-ring (bicyclic) bond motifs is 1. The highest BCUT2D eigenvalue weighted by atomic mass is 32.1. The first kappa shape index (κ1) is 31.5. The summed E-state index contributed by atoms with van der Waals surface area (Å²) in [4.78, 5) is 47.4. The molecule has 2 aliphatic heterocycles. The van der Waals surface area contributed by atoms with Gasteiger partial charge in [-0.1, -0.05) is 18.2 Å². The van der Waals surface area contributed by atoms with Crippen LogP contribution in [-0.2, 0) is 20.9 Å². The number of hydrogen-bond acceptors (Lipinski definition) is 11. The number of ketones is 1. The van der Waals surface area contributed by atoms with Crippen molar-refractivity contribution in [2.45, 2.75) is 26.3 Å². The lowest BCUT2D eigenvalue weighted by Gasteiger charge is -2.34. The summed E-state index contributed by atoms with van der Waals surface area (Å²) in [5.74, 6) is 1.42. The fourth-order valence-corrected chi connectivity index (χ4v) is 6.96. The number of nitrogen functional groups attached to an aromatic ring is 1. The minimum atomic E-state index is -0.0325. The maximum Gasteiger partial charge on any atom is 0.223 e. The van der Waals surface area contributed by atoms with Gasteiger partial charge in [-0.2, -0.15) is 0 Å². The monoisotopic (exact) mass is 638 g/mol. The van der Waals surface area contributed by atoms with E-state index in [1.807, 2.05) is 35.2 Å². The Morgan fingerprint density at radius 2 is 1.83 bits per heavy atom. The standard InChI is InChI=1S/C34H38N8O3S/c1-23(19-24-5-2-3-10-37-24)30(43)8-9-31(44)41-13-11-40(12-14-41)22-25-20-29-32(46-25)34(42-15-17-45-18-16-42)39-33(38-29)26-6-4-7-28(36)27(26)21-35/h2-7,10,19-21,35H,8-9,11-18,22,36H2,1H3/b23-19+,35-21?. The molecule has 3 aromatic heterocycles. The summed E-state index contributed by atoms with van der Waals surface area (Å²) >= 11 is 1.70. The molecule has 5 heterocycles.